The van der Waals surface area contributed by atoms with Crippen molar-refractivity contribution < 1.29 is 19.4 Å². The highest BCUT2D eigenvalue weighted by molar-refractivity contribution is 5.85. The molecule has 6 nitrogen and oxygen atoms in total. The second-order valence-corrected chi connectivity index (χ2v) is 5.76. The van der Waals surface area contributed by atoms with Crippen LogP contribution < -0.4 is 4.74 Å². The van der Waals surface area contributed by atoms with Gasteiger partial charge in [-0.15, -0.1) is 12.4 Å². The Morgan fingerprint density at radius 3 is 2.42 bits per heavy atom. The van der Waals surface area contributed by atoms with Crippen molar-refractivity contribution in [2.24, 2.45) is 0 Å². The highest BCUT2D eigenvalue weighted by Gasteiger charge is 2.23. The Balaban J connectivity index is 0.00000288. The number of piperazine rings is 1. The van der Waals surface area contributed by atoms with Crippen LogP contribution in [0.5, 0.6) is 5.75 Å². The fourth-order valence-electron chi connectivity index (χ4n) is 2.51. The van der Waals surface area contributed by atoms with Gasteiger partial charge in [0, 0.05) is 32.7 Å². The Labute approximate surface area is 149 Å². The lowest BCUT2D eigenvalue weighted by Crippen LogP contribution is -2.51. The van der Waals surface area contributed by atoms with Crippen LogP contribution in [0.25, 0.3) is 0 Å². The molecule has 7 heteroatoms. The summed E-state index contributed by atoms with van der Waals surface area (Å²) in [5.41, 5.74) is 1.18. The van der Waals surface area contributed by atoms with Crippen LogP contribution in [0.2, 0.25) is 0 Å². The predicted octanol–water partition coefficient (Wildman–Crippen LogP) is 1.93. The van der Waals surface area contributed by atoms with Crippen molar-refractivity contribution >= 4 is 18.5 Å². The summed E-state index contributed by atoms with van der Waals surface area (Å²) in [7, 11) is 0. The maximum Gasteiger partial charge on any atom is 0.409 e. The smallest absolute Gasteiger partial charge is 0.409 e. The van der Waals surface area contributed by atoms with Gasteiger partial charge in [0.25, 0.3) is 0 Å². The lowest BCUT2D eigenvalue weighted by molar-refractivity contribution is 0.0408. The maximum atomic E-state index is 11.6. The quantitative estimate of drug-likeness (QED) is 0.842. The largest absolute Gasteiger partial charge is 0.491 e. The van der Waals surface area contributed by atoms with Crippen molar-refractivity contribution in [1.82, 2.24) is 9.80 Å². The number of benzene rings is 1. The first-order valence-corrected chi connectivity index (χ1v) is 8.10. The third-order valence-electron chi connectivity index (χ3n) is 3.83. The zero-order valence-corrected chi connectivity index (χ0v) is 15.1. The number of aryl methyl sites for hydroxylation is 1. The second-order valence-electron chi connectivity index (χ2n) is 5.76. The highest BCUT2D eigenvalue weighted by Crippen LogP contribution is 2.12. The molecule has 1 aromatic rings. The molecule has 0 aromatic heterocycles. The van der Waals surface area contributed by atoms with Gasteiger partial charge in [0.2, 0.25) is 0 Å². The molecule has 1 amide bonds. The highest BCUT2D eigenvalue weighted by atomic mass is 35.5. The minimum absolute atomic E-state index is 0. The number of β-amino-alcohol motifs (C(OH)–C–C–N with tert-alkyl or cyclic N) is 1. The zero-order valence-electron chi connectivity index (χ0n) is 14.3. The molecule has 1 atom stereocenters. The normalized spacial score (nSPS) is 16.2. The molecular weight excluding hydrogens is 332 g/mol. The Bertz CT molecular complexity index is 490. The number of hydrogen-bond acceptors (Lipinski definition) is 5. The molecule has 24 heavy (non-hydrogen) atoms. The van der Waals surface area contributed by atoms with Crippen LogP contribution in [0.15, 0.2) is 24.3 Å². The number of aliphatic hydroxyl groups excluding tert-OH is 1. The van der Waals surface area contributed by atoms with Crippen LogP contribution in [0.3, 0.4) is 0 Å². The first-order chi connectivity index (χ1) is 11.1. The van der Waals surface area contributed by atoms with Crippen molar-refractivity contribution in [3.05, 3.63) is 29.8 Å². The van der Waals surface area contributed by atoms with E-state index < -0.39 is 6.10 Å². The number of nitrogens with zero attached hydrogens (tertiary/aromatic N) is 2. The monoisotopic (exact) mass is 358 g/mol. The lowest BCUT2D eigenvalue weighted by Gasteiger charge is -2.34. The summed E-state index contributed by atoms with van der Waals surface area (Å²) >= 11 is 0. The van der Waals surface area contributed by atoms with E-state index in [9.17, 15) is 9.90 Å². The van der Waals surface area contributed by atoms with Gasteiger partial charge in [0.05, 0.1) is 6.61 Å². The topological polar surface area (TPSA) is 62.2 Å². The second kappa shape index (κ2) is 10.4. The van der Waals surface area contributed by atoms with E-state index in [1.165, 1.54) is 5.56 Å². The average molecular weight is 359 g/mol. The molecule has 1 fully saturated rings. The number of rotatable bonds is 6. The number of ether oxygens (including phenoxy) is 2. The molecular formula is C17H27ClN2O4. The zero-order chi connectivity index (χ0) is 16.7. The number of amides is 1. The van der Waals surface area contributed by atoms with Crippen LogP contribution in [0, 0.1) is 6.92 Å². The lowest BCUT2D eigenvalue weighted by atomic mass is 10.2. The summed E-state index contributed by atoms with van der Waals surface area (Å²) in [5.74, 6) is 0.766. The SMILES string of the molecule is CCOC(=O)N1CCN(CC(O)COc2ccc(C)cc2)CC1.Cl. The summed E-state index contributed by atoms with van der Waals surface area (Å²) in [6.45, 7) is 7.76. The molecule has 1 saturated heterocycles. The molecule has 1 unspecified atom stereocenters. The standard InChI is InChI=1S/C17H26N2O4.ClH/c1-3-22-17(21)19-10-8-18(9-11-19)12-15(20)13-23-16-6-4-14(2)5-7-16;/h4-7,15,20H,3,8-13H2,1-2H3;1H. The van der Waals surface area contributed by atoms with Gasteiger partial charge in [-0.25, -0.2) is 4.79 Å². The van der Waals surface area contributed by atoms with E-state index in [4.69, 9.17) is 9.47 Å². The van der Waals surface area contributed by atoms with Crippen LogP contribution in [0.1, 0.15) is 12.5 Å². The molecule has 0 aliphatic carbocycles. The van der Waals surface area contributed by atoms with E-state index in [1.807, 2.05) is 31.2 Å². The molecule has 0 saturated carbocycles. The van der Waals surface area contributed by atoms with Crippen molar-refractivity contribution in [2.75, 3.05) is 45.9 Å². The number of hydrogen-bond donors (Lipinski definition) is 1. The van der Waals surface area contributed by atoms with E-state index in [2.05, 4.69) is 4.90 Å². The van der Waals surface area contributed by atoms with Gasteiger partial charge in [-0.05, 0) is 26.0 Å². The maximum absolute atomic E-state index is 11.6. The molecule has 1 aliphatic rings. The summed E-state index contributed by atoms with van der Waals surface area (Å²) < 4.78 is 10.6. The predicted molar refractivity (Wildman–Crippen MR) is 95.0 cm³/mol. The van der Waals surface area contributed by atoms with E-state index in [0.29, 0.717) is 26.2 Å². The minimum atomic E-state index is -0.551. The molecule has 1 aromatic carbocycles. The molecule has 136 valence electrons. The van der Waals surface area contributed by atoms with E-state index in [0.717, 1.165) is 18.8 Å². The van der Waals surface area contributed by atoms with Crippen molar-refractivity contribution in [1.29, 1.82) is 0 Å². The summed E-state index contributed by atoms with van der Waals surface area (Å²) in [6.07, 6.45) is -0.805. The number of carbonyl (C=O) groups excluding carboxylic acids is 1. The molecule has 2 rings (SSSR count). The van der Waals surface area contributed by atoms with Crippen molar-refractivity contribution in [3.63, 3.8) is 0 Å². The first-order valence-electron chi connectivity index (χ1n) is 8.10. The van der Waals surface area contributed by atoms with E-state index in [1.54, 1.807) is 11.8 Å². The van der Waals surface area contributed by atoms with Crippen LogP contribution in [-0.4, -0.2) is 73.0 Å². The molecule has 1 aliphatic heterocycles. The molecule has 0 bridgehead atoms. The Kier molecular flexibility index (Phi) is 8.89. The Morgan fingerprint density at radius 1 is 1.21 bits per heavy atom. The molecule has 0 spiro atoms. The van der Waals surface area contributed by atoms with Gasteiger partial charge < -0.3 is 19.5 Å². The summed E-state index contributed by atoms with van der Waals surface area (Å²) in [4.78, 5) is 15.5. The number of halogens is 1. The van der Waals surface area contributed by atoms with Crippen molar-refractivity contribution in [3.8, 4) is 5.75 Å². The fraction of sp³-hybridized carbons (Fsp3) is 0.588. The Morgan fingerprint density at radius 2 is 1.83 bits per heavy atom. The van der Waals surface area contributed by atoms with Gasteiger partial charge in [-0.3, -0.25) is 4.90 Å². The van der Waals surface area contributed by atoms with Crippen LogP contribution in [-0.2, 0) is 4.74 Å². The molecule has 1 N–H and O–H groups in total. The third-order valence-corrected chi connectivity index (χ3v) is 3.83. The third kappa shape index (κ3) is 6.55. The first kappa shape index (κ1) is 20.5. The molecule has 0 radical (unpaired) electrons. The summed E-state index contributed by atoms with van der Waals surface area (Å²) in [5, 5.41) is 10.1. The van der Waals surface area contributed by atoms with Gasteiger partial charge in [-0.2, -0.15) is 0 Å². The average Bonchev–Trinajstić information content (AvgIpc) is 2.55. The van der Waals surface area contributed by atoms with Gasteiger partial charge in [0.1, 0.15) is 18.5 Å². The van der Waals surface area contributed by atoms with E-state index >= 15 is 0 Å². The molecule has 1 heterocycles. The van der Waals surface area contributed by atoms with Gasteiger partial charge in [0.15, 0.2) is 0 Å². The van der Waals surface area contributed by atoms with Crippen LogP contribution >= 0.6 is 12.4 Å². The number of aliphatic hydroxyl groups is 1. The fourth-order valence-corrected chi connectivity index (χ4v) is 2.51. The summed E-state index contributed by atoms with van der Waals surface area (Å²) in [6, 6.07) is 7.77. The van der Waals surface area contributed by atoms with E-state index in [-0.39, 0.29) is 25.1 Å². The minimum Gasteiger partial charge on any atom is -0.491 e. The number of carbonyl (C=O) groups is 1. The Hall–Kier alpha value is -1.50. The van der Waals surface area contributed by atoms with Crippen LogP contribution in [0.4, 0.5) is 4.79 Å². The van der Waals surface area contributed by atoms with Crippen molar-refractivity contribution in [2.45, 2.75) is 20.0 Å². The van der Waals surface area contributed by atoms with Gasteiger partial charge >= 0.3 is 6.09 Å². The van der Waals surface area contributed by atoms with Gasteiger partial charge in [-0.1, -0.05) is 17.7 Å².